The van der Waals surface area contributed by atoms with Gasteiger partial charge in [-0.1, -0.05) is 6.07 Å². The number of anilines is 2. The summed E-state index contributed by atoms with van der Waals surface area (Å²) in [4.78, 5) is 9.90. The summed E-state index contributed by atoms with van der Waals surface area (Å²) in [5.74, 6) is 0.417. The number of H-pyrrole nitrogens is 1. The van der Waals surface area contributed by atoms with Crippen molar-refractivity contribution in [2.24, 2.45) is 0 Å². The van der Waals surface area contributed by atoms with Crippen molar-refractivity contribution >= 4 is 38.7 Å². The topological polar surface area (TPSA) is 99.3 Å². The number of rotatable bonds is 6. The second kappa shape index (κ2) is 8.20. The third-order valence-electron chi connectivity index (χ3n) is 5.03. The third-order valence-corrected chi connectivity index (χ3v) is 5.93. The zero-order chi connectivity index (χ0) is 22.2. The van der Waals surface area contributed by atoms with Gasteiger partial charge in [-0.25, -0.2) is 8.42 Å². The second-order valence-electron chi connectivity index (χ2n) is 7.35. The second-order valence-corrected chi connectivity index (χ2v) is 9.49. The first kappa shape index (κ1) is 21.1. The number of hydrogen-bond donors (Lipinski definition) is 3. The first-order valence-electron chi connectivity index (χ1n) is 9.59. The fourth-order valence-corrected chi connectivity index (χ4v) is 4.68. The van der Waals surface area contributed by atoms with Crippen LogP contribution in [0.25, 0.3) is 0 Å². The Balaban J connectivity index is 1.82. The van der Waals surface area contributed by atoms with Crippen molar-refractivity contribution in [3.05, 3.63) is 71.8 Å². The largest absolute Gasteiger partial charge is 0.495 e. The van der Waals surface area contributed by atoms with Crippen molar-refractivity contribution in [2.75, 3.05) is 23.0 Å². The van der Waals surface area contributed by atoms with Gasteiger partial charge in [-0.2, -0.15) is 0 Å². The van der Waals surface area contributed by atoms with Gasteiger partial charge < -0.3 is 19.9 Å². The number of nitrogens with one attached hydrogen (secondary N) is 3. The highest BCUT2D eigenvalue weighted by molar-refractivity contribution is 7.92. The molecule has 0 bridgehead atoms. The molecule has 3 N–H and O–H groups in total. The van der Waals surface area contributed by atoms with Gasteiger partial charge in [0.1, 0.15) is 11.8 Å². The van der Waals surface area contributed by atoms with Crippen molar-refractivity contribution in [3.63, 3.8) is 0 Å². The first-order chi connectivity index (χ1) is 14.8. The number of hydrogen-bond acceptors (Lipinski definition) is 5. The smallest absolute Gasteiger partial charge is 0.229 e. The van der Waals surface area contributed by atoms with Crippen LogP contribution < -0.4 is 19.7 Å². The third kappa shape index (κ3) is 4.35. The average Bonchev–Trinajstić information content (AvgIpc) is 3.30. The molecular formula is C21H23N5O3S2. The molecule has 1 aliphatic heterocycles. The number of aromatic nitrogens is 2. The molecule has 162 valence electrons. The minimum Gasteiger partial charge on any atom is -0.495 e. The van der Waals surface area contributed by atoms with Crippen LogP contribution in [0.1, 0.15) is 29.2 Å². The summed E-state index contributed by atoms with van der Waals surface area (Å²) < 4.78 is 31.6. The van der Waals surface area contributed by atoms with Crippen LogP contribution in [0.3, 0.4) is 0 Å². The van der Waals surface area contributed by atoms with E-state index in [1.54, 1.807) is 18.3 Å². The molecule has 0 radical (unpaired) electrons. The molecule has 8 nitrogen and oxygen atoms in total. The van der Waals surface area contributed by atoms with Gasteiger partial charge in [0.05, 0.1) is 30.8 Å². The minimum absolute atomic E-state index is 0.194. The highest BCUT2D eigenvalue weighted by Gasteiger charge is 2.41. The van der Waals surface area contributed by atoms with E-state index in [9.17, 15) is 8.42 Å². The molecule has 1 aliphatic rings. The van der Waals surface area contributed by atoms with Gasteiger partial charge in [0.2, 0.25) is 10.0 Å². The van der Waals surface area contributed by atoms with Gasteiger partial charge in [-0.15, -0.1) is 0 Å². The van der Waals surface area contributed by atoms with E-state index in [1.807, 2.05) is 48.2 Å². The fourth-order valence-electron chi connectivity index (χ4n) is 3.77. The molecule has 1 fully saturated rings. The van der Waals surface area contributed by atoms with E-state index in [0.29, 0.717) is 16.5 Å². The molecule has 3 aromatic rings. The molecule has 31 heavy (non-hydrogen) atoms. The van der Waals surface area contributed by atoms with Crippen LogP contribution in [0.2, 0.25) is 0 Å². The Morgan fingerprint density at radius 3 is 2.61 bits per heavy atom. The normalized spacial score (nSPS) is 18.7. The number of ether oxygens (including phenoxy) is 1. The summed E-state index contributed by atoms with van der Waals surface area (Å²) in [6.45, 7) is 1.99. The Hall–Kier alpha value is -3.11. The van der Waals surface area contributed by atoms with Crippen LogP contribution >= 0.6 is 12.2 Å². The molecule has 2 aromatic heterocycles. The molecule has 0 amide bonds. The van der Waals surface area contributed by atoms with Crippen molar-refractivity contribution in [2.45, 2.75) is 19.0 Å². The molecule has 10 heteroatoms. The lowest BCUT2D eigenvalue weighted by atomic mass is 10.0. The van der Waals surface area contributed by atoms with Crippen molar-refractivity contribution in [3.8, 4) is 5.75 Å². The Labute approximate surface area is 186 Å². The lowest BCUT2D eigenvalue weighted by molar-refractivity contribution is 0.417. The van der Waals surface area contributed by atoms with Crippen LogP contribution in [0, 0.1) is 6.92 Å². The number of benzene rings is 1. The van der Waals surface area contributed by atoms with Crippen LogP contribution in [-0.4, -0.2) is 36.9 Å². The summed E-state index contributed by atoms with van der Waals surface area (Å²) >= 11 is 5.70. The van der Waals surface area contributed by atoms with Gasteiger partial charge in [0.25, 0.3) is 0 Å². The molecule has 4 rings (SSSR count). The summed E-state index contributed by atoms with van der Waals surface area (Å²) in [5.41, 5.74) is 3.91. The van der Waals surface area contributed by atoms with Gasteiger partial charge in [0.15, 0.2) is 5.11 Å². The van der Waals surface area contributed by atoms with E-state index in [2.05, 4.69) is 20.0 Å². The maximum Gasteiger partial charge on any atom is 0.229 e. The highest BCUT2D eigenvalue weighted by Crippen LogP contribution is 2.42. The zero-order valence-electron chi connectivity index (χ0n) is 17.3. The van der Waals surface area contributed by atoms with Crippen LogP contribution in [-0.2, 0) is 10.0 Å². The summed E-state index contributed by atoms with van der Waals surface area (Å²) in [7, 11) is -2.00. The molecule has 3 heterocycles. The number of aromatic amines is 1. The summed E-state index contributed by atoms with van der Waals surface area (Å²) in [5, 5.41) is 3.89. The Bertz CT molecular complexity index is 1210. The van der Waals surface area contributed by atoms with E-state index in [-0.39, 0.29) is 12.1 Å². The van der Waals surface area contributed by atoms with Crippen LogP contribution in [0.4, 0.5) is 11.4 Å². The predicted octanol–water partition coefficient (Wildman–Crippen LogP) is 3.28. The van der Waals surface area contributed by atoms with Gasteiger partial charge in [-0.3, -0.25) is 9.71 Å². The molecule has 0 aliphatic carbocycles. The molecule has 2 atom stereocenters. The fraction of sp³-hybridized carbons (Fsp3) is 0.238. The van der Waals surface area contributed by atoms with Gasteiger partial charge in [0, 0.05) is 23.3 Å². The average molecular weight is 458 g/mol. The van der Waals surface area contributed by atoms with Crippen molar-refractivity contribution in [1.82, 2.24) is 15.3 Å². The van der Waals surface area contributed by atoms with E-state index in [1.165, 1.54) is 7.11 Å². The molecular weight excluding hydrogens is 434 g/mol. The molecule has 0 saturated carbocycles. The number of methoxy groups -OCH3 is 1. The Kier molecular flexibility index (Phi) is 5.59. The predicted molar refractivity (Wildman–Crippen MR) is 125 cm³/mol. The summed E-state index contributed by atoms with van der Waals surface area (Å²) in [6.07, 6.45) is 2.85. The minimum atomic E-state index is -3.49. The van der Waals surface area contributed by atoms with Crippen molar-refractivity contribution < 1.29 is 13.2 Å². The van der Waals surface area contributed by atoms with E-state index < -0.39 is 10.0 Å². The molecule has 1 saturated heterocycles. The SMILES string of the molecule is COc1ccc(N2C(=S)N[C@H](c3ccccn3)[C@@H]2c2ccc(C)[nH]2)cc1NS(C)(=O)=O. The zero-order valence-corrected chi connectivity index (χ0v) is 18.9. The van der Waals surface area contributed by atoms with Crippen molar-refractivity contribution in [1.29, 1.82) is 0 Å². The lowest BCUT2D eigenvalue weighted by Gasteiger charge is -2.27. The van der Waals surface area contributed by atoms with E-state index in [4.69, 9.17) is 17.0 Å². The standard InChI is InChI=1S/C21H23N5O3S2/c1-13-7-9-16(23-13)20-19(15-6-4-5-11-22-15)24-21(30)26(20)14-8-10-18(29-2)17(12-14)25-31(3,27)28/h4-12,19-20,23,25H,1-3H3,(H,24,30)/t19-,20+/m1/s1. The number of pyridine rings is 1. The Morgan fingerprint density at radius 2 is 2.00 bits per heavy atom. The maximum atomic E-state index is 11.9. The monoisotopic (exact) mass is 457 g/mol. The number of aryl methyl sites for hydroxylation is 1. The number of sulfonamides is 1. The lowest BCUT2D eigenvalue weighted by Crippen LogP contribution is -2.29. The molecule has 0 spiro atoms. The quantitative estimate of drug-likeness (QED) is 0.489. The highest BCUT2D eigenvalue weighted by atomic mass is 32.2. The molecule has 0 unspecified atom stereocenters. The van der Waals surface area contributed by atoms with E-state index >= 15 is 0 Å². The van der Waals surface area contributed by atoms with Crippen LogP contribution in [0.5, 0.6) is 5.75 Å². The Morgan fingerprint density at radius 1 is 1.19 bits per heavy atom. The van der Waals surface area contributed by atoms with E-state index in [0.717, 1.165) is 29.0 Å². The van der Waals surface area contributed by atoms with Crippen LogP contribution in [0.15, 0.2) is 54.7 Å². The van der Waals surface area contributed by atoms with Gasteiger partial charge in [-0.05, 0) is 61.6 Å². The number of nitrogens with zero attached hydrogens (tertiary/aromatic N) is 2. The van der Waals surface area contributed by atoms with Gasteiger partial charge >= 0.3 is 0 Å². The summed E-state index contributed by atoms with van der Waals surface area (Å²) in [6, 6.07) is 14.7. The number of thiocarbonyl (C=S) groups is 1. The maximum absolute atomic E-state index is 11.9. The first-order valence-corrected chi connectivity index (χ1v) is 11.9. The molecule has 1 aromatic carbocycles.